The zero-order valence-electron chi connectivity index (χ0n) is 10.6. The number of hydrogen-bond acceptors (Lipinski definition) is 3. The van der Waals surface area contributed by atoms with Gasteiger partial charge in [0.25, 0.3) is 0 Å². The Hall–Kier alpha value is -1.10. The van der Waals surface area contributed by atoms with Crippen molar-refractivity contribution in [1.29, 1.82) is 0 Å². The zero-order valence-corrected chi connectivity index (χ0v) is 10.6. The van der Waals surface area contributed by atoms with Crippen LogP contribution in [0.3, 0.4) is 0 Å². The summed E-state index contributed by atoms with van der Waals surface area (Å²) in [5.41, 5.74) is 5.14. The zero-order chi connectivity index (χ0) is 12.7. The third-order valence-electron chi connectivity index (χ3n) is 3.17. The second-order valence-corrected chi connectivity index (χ2v) is 4.66. The highest BCUT2D eigenvalue weighted by molar-refractivity contribution is 5.79. The quantitative estimate of drug-likeness (QED) is 0.648. The fourth-order valence-electron chi connectivity index (χ4n) is 2.11. The van der Waals surface area contributed by atoms with Crippen LogP contribution >= 0.6 is 0 Å². The van der Waals surface area contributed by atoms with Crippen molar-refractivity contribution in [3.63, 3.8) is 0 Å². The fraction of sp³-hybridized carbons (Fsp3) is 0.833. The Bertz CT molecular complexity index is 260. The van der Waals surface area contributed by atoms with Gasteiger partial charge in [-0.1, -0.05) is 13.3 Å². The predicted molar refractivity (Wildman–Crippen MR) is 66.3 cm³/mol. The molecular weight excluding hydrogens is 218 g/mol. The van der Waals surface area contributed by atoms with Crippen LogP contribution in [0, 0.1) is 5.92 Å². The molecule has 2 amide bonds. The molecule has 0 atom stereocenters. The maximum atomic E-state index is 11.8. The molecular formula is C12H23N3O2. The topological polar surface area (TPSA) is 75.4 Å². The molecule has 0 spiro atoms. The van der Waals surface area contributed by atoms with Gasteiger partial charge in [-0.2, -0.15) is 0 Å². The molecule has 0 unspecified atom stereocenters. The summed E-state index contributed by atoms with van der Waals surface area (Å²) in [6.07, 6.45) is 3.78. The first-order chi connectivity index (χ1) is 8.13. The number of piperidine rings is 1. The van der Waals surface area contributed by atoms with Gasteiger partial charge in [0.15, 0.2) is 0 Å². The SMILES string of the molecule is CCCCNC(=O)C1CCN(CC(N)=O)CC1. The van der Waals surface area contributed by atoms with Crippen molar-refractivity contribution in [2.45, 2.75) is 32.6 Å². The molecule has 1 fully saturated rings. The summed E-state index contributed by atoms with van der Waals surface area (Å²) in [5.74, 6) is -0.0241. The number of carbonyl (C=O) groups excluding carboxylic acids is 2. The van der Waals surface area contributed by atoms with Crippen LogP contribution in [0.4, 0.5) is 0 Å². The van der Waals surface area contributed by atoms with Gasteiger partial charge >= 0.3 is 0 Å². The first kappa shape index (κ1) is 14.0. The van der Waals surface area contributed by atoms with Crippen LogP contribution in [0.15, 0.2) is 0 Å². The molecule has 0 saturated carbocycles. The minimum absolute atomic E-state index is 0.107. The lowest BCUT2D eigenvalue weighted by Crippen LogP contribution is -2.43. The number of carbonyl (C=O) groups is 2. The molecule has 0 aromatic rings. The summed E-state index contributed by atoms with van der Waals surface area (Å²) < 4.78 is 0. The summed E-state index contributed by atoms with van der Waals surface area (Å²) in [5, 5.41) is 2.96. The summed E-state index contributed by atoms with van der Waals surface area (Å²) in [7, 11) is 0. The normalized spacial score (nSPS) is 17.9. The molecule has 1 heterocycles. The van der Waals surface area contributed by atoms with E-state index >= 15 is 0 Å². The van der Waals surface area contributed by atoms with E-state index in [1.807, 2.05) is 4.90 Å². The fourth-order valence-corrected chi connectivity index (χ4v) is 2.11. The van der Waals surface area contributed by atoms with Crippen molar-refractivity contribution < 1.29 is 9.59 Å². The van der Waals surface area contributed by atoms with Crippen LogP contribution < -0.4 is 11.1 Å². The third kappa shape index (κ3) is 5.17. The summed E-state index contributed by atoms with van der Waals surface area (Å²) in [4.78, 5) is 24.6. The molecule has 1 aliphatic rings. The molecule has 0 radical (unpaired) electrons. The Morgan fingerprint density at radius 1 is 1.35 bits per heavy atom. The smallest absolute Gasteiger partial charge is 0.231 e. The standard InChI is InChI=1S/C12H23N3O2/c1-2-3-6-14-12(17)10-4-7-15(8-5-10)9-11(13)16/h10H,2-9H2,1H3,(H2,13,16)(H,14,17). The molecule has 1 aliphatic heterocycles. The van der Waals surface area contributed by atoms with Gasteiger partial charge in [0.1, 0.15) is 0 Å². The van der Waals surface area contributed by atoms with Crippen LogP contribution in [0.5, 0.6) is 0 Å². The first-order valence-corrected chi connectivity index (χ1v) is 6.41. The molecule has 0 bridgehead atoms. The summed E-state index contributed by atoms with van der Waals surface area (Å²) >= 11 is 0. The Balaban J connectivity index is 2.21. The third-order valence-corrected chi connectivity index (χ3v) is 3.17. The highest BCUT2D eigenvalue weighted by atomic mass is 16.2. The number of nitrogens with one attached hydrogen (secondary N) is 1. The van der Waals surface area contributed by atoms with E-state index in [2.05, 4.69) is 12.2 Å². The molecule has 0 aromatic carbocycles. The molecule has 3 N–H and O–H groups in total. The first-order valence-electron chi connectivity index (χ1n) is 6.41. The summed E-state index contributed by atoms with van der Waals surface area (Å²) in [6.45, 7) is 4.76. The number of rotatable bonds is 6. The van der Waals surface area contributed by atoms with E-state index in [-0.39, 0.29) is 17.7 Å². The molecule has 0 aromatic heterocycles. The number of unbranched alkanes of at least 4 members (excludes halogenated alkanes) is 1. The minimum Gasteiger partial charge on any atom is -0.369 e. The van der Waals surface area contributed by atoms with Crippen molar-refractivity contribution >= 4 is 11.8 Å². The highest BCUT2D eigenvalue weighted by Crippen LogP contribution is 2.16. The highest BCUT2D eigenvalue weighted by Gasteiger charge is 2.24. The van der Waals surface area contributed by atoms with E-state index in [9.17, 15) is 9.59 Å². The number of nitrogens with two attached hydrogens (primary N) is 1. The lowest BCUT2D eigenvalue weighted by Gasteiger charge is -2.30. The van der Waals surface area contributed by atoms with Gasteiger partial charge in [0, 0.05) is 12.5 Å². The number of nitrogens with zero attached hydrogens (tertiary/aromatic N) is 1. The van der Waals surface area contributed by atoms with Gasteiger partial charge in [-0.05, 0) is 32.4 Å². The van der Waals surface area contributed by atoms with Crippen molar-refractivity contribution in [3.8, 4) is 0 Å². The molecule has 0 aliphatic carbocycles. The van der Waals surface area contributed by atoms with Crippen LogP contribution in [-0.2, 0) is 9.59 Å². The molecule has 1 rings (SSSR count). The van der Waals surface area contributed by atoms with E-state index in [1.165, 1.54) is 0 Å². The van der Waals surface area contributed by atoms with Gasteiger partial charge in [-0.15, -0.1) is 0 Å². The molecule has 1 saturated heterocycles. The van der Waals surface area contributed by atoms with Gasteiger partial charge in [0.2, 0.25) is 11.8 Å². The molecule has 98 valence electrons. The summed E-state index contributed by atoms with van der Waals surface area (Å²) in [6, 6.07) is 0. The van der Waals surface area contributed by atoms with Gasteiger partial charge in [-0.25, -0.2) is 0 Å². The van der Waals surface area contributed by atoms with E-state index in [0.717, 1.165) is 45.3 Å². The van der Waals surface area contributed by atoms with Crippen molar-refractivity contribution in [2.75, 3.05) is 26.2 Å². The van der Waals surface area contributed by atoms with Crippen molar-refractivity contribution in [3.05, 3.63) is 0 Å². The van der Waals surface area contributed by atoms with E-state index in [4.69, 9.17) is 5.73 Å². The second kappa shape index (κ2) is 7.27. The van der Waals surface area contributed by atoms with Crippen molar-refractivity contribution in [2.24, 2.45) is 11.7 Å². The molecule has 5 heteroatoms. The number of hydrogen-bond donors (Lipinski definition) is 2. The van der Waals surface area contributed by atoms with Gasteiger partial charge in [-0.3, -0.25) is 14.5 Å². The van der Waals surface area contributed by atoms with E-state index < -0.39 is 0 Å². The average molecular weight is 241 g/mol. The van der Waals surface area contributed by atoms with Crippen LogP contribution in [-0.4, -0.2) is 42.9 Å². The molecule has 17 heavy (non-hydrogen) atoms. The lowest BCUT2D eigenvalue weighted by atomic mass is 9.96. The van der Waals surface area contributed by atoms with Crippen LogP contribution in [0.2, 0.25) is 0 Å². The minimum atomic E-state index is -0.296. The monoisotopic (exact) mass is 241 g/mol. The van der Waals surface area contributed by atoms with E-state index in [1.54, 1.807) is 0 Å². The Morgan fingerprint density at radius 2 is 2.00 bits per heavy atom. The number of amides is 2. The molecule has 5 nitrogen and oxygen atoms in total. The maximum Gasteiger partial charge on any atom is 0.231 e. The Morgan fingerprint density at radius 3 is 2.53 bits per heavy atom. The van der Waals surface area contributed by atoms with Gasteiger partial charge in [0.05, 0.1) is 6.54 Å². The van der Waals surface area contributed by atoms with Crippen molar-refractivity contribution in [1.82, 2.24) is 10.2 Å². The van der Waals surface area contributed by atoms with Crippen LogP contribution in [0.25, 0.3) is 0 Å². The van der Waals surface area contributed by atoms with Gasteiger partial charge < -0.3 is 11.1 Å². The second-order valence-electron chi connectivity index (χ2n) is 4.66. The number of likely N-dealkylation sites (tertiary alicyclic amines) is 1. The Labute approximate surface area is 103 Å². The van der Waals surface area contributed by atoms with E-state index in [0.29, 0.717) is 6.54 Å². The predicted octanol–water partition coefficient (Wildman–Crippen LogP) is 0.100. The number of primary amides is 1. The van der Waals surface area contributed by atoms with Crippen LogP contribution in [0.1, 0.15) is 32.6 Å². The average Bonchev–Trinajstić information content (AvgIpc) is 2.29. The Kier molecular flexibility index (Phi) is 5.97. The lowest BCUT2D eigenvalue weighted by molar-refractivity contribution is -0.126. The largest absolute Gasteiger partial charge is 0.369 e. The maximum absolute atomic E-state index is 11.8.